The molecule has 0 atom stereocenters. The second-order valence-electron chi connectivity index (χ2n) is 4.69. The third kappa shape index (κ3) is 2.61. The molecule has 3 N–H and O–H groups in total. The molecule has 0 aromatic heterocycles. The van der Waals surface area contributed by atoms with Gasteiger partial charge in [0.2, 0.25) is 0 Å². The fraction of sp³-hybridized carbons (Fsp3) is 0.462. The molecule has 2 rings (SSSR count). The van der Waals surface area contributed by atoms with E-state index in [1.54, 1.807) is 6.07 Å². The maximum atomic E-state index is 13.8. The summed E-state index contributed by atoms with van der Waals surface area (Å²) < 4.78 is 13.8. The Bertz CT molecular complexity index is 447. The van der Waals surface area contributed by atoms with E-state index in [2.05, 4.69) is 16.8 Å². The van der Waals surface area contributed by atoms with Crippen LogP contribution in [0.1, 0.15) is 12.0 Å². The van der Waals surface area contributed by atoms with Crippen LogP contribution in [0.4, 0.5) is 10.1 Å². The normalized spacial score (nSPS) is 17.6. The van der Waals surface area contributed by atoms with E-state index in [0.29, 0.717) is 0 Å². The Morgan fingerprint density at radius 3 is 2.78 bits per heavy atom. The van der Waals surface area contributed by atoms with Crippen LogP contribution in [-0.4, -0.2) is 44.0 Å². The van der Waals surface area contributed by atoms with Gasteiger partial charge in [0.1, 0.15) is 11.7 Å². The van der Waals surface area contributed by atoms with Crippen molar-refractivity contribution in [3.05, 3.63) is 29.6 Å². The molecule has 1 fully saturated rings. The molecule has 1 aliphatic heterocycles. The van der Waals surface area contributed by atoms with Crippen molar-refractivity contribution in [3.8, 4) is 0 Å². The third-order valence-electron chi connectivity index (χ3n) is 3.32. The predicted octanol–water partition coefficient (Wildman–Crippen LogP) is 1.25. The number of likely N-dealkylation sites (N-methyl/N-ethyl adjacent to an activating group) is 1. The molecule has 0 bridgehead atoms. The average molecular weight is 250 g/mol. The summed E-state index contributed by atoms with van der Waals surface area (Å²) in [4.78, 5) is 4.37. The van der Waals surface area contributed by atoms with Gasteiger partial charge in [-0.05, 0) is 32.1 Å². The van der Waals surface area contributed by atoms with Gasteiger partial charge in [-0.2, -0.15) is 0 Å². The molecule has 0 unspecified atom stereocenters. The molecule has 98 valence electrons. The maximum Gasteiger partial charge on any atom is 0.136 e. The lowest BCUT2D eigenvalue weighted by Gasteiger charge is -2.25. The zero-order valence-electron chi connectivity index (χ0n) is 10.6. The van der Waals surface area contributed by atoms with Crippen molar-refractivity contribution < 1.29 is 4.39 Å². The molecule has 1 saturated heterocycles. The summed E-state index contributed by atoms with van der Waals surface area (Å²) in [5.74, 6) is -0.627. The molecule has 4 nitrogen and oxygen atoms in total. The summed E-state index contributed by atoms with van der Waals surface area (Å²) in [7, 11) is 2.08. The van der Waals surface area contributed by atoms with Gasteiger partial charge in [-0.25, -0.2) is 4.39 Å². The lowest BCUT2D eigenvalue weighted by atomic mass is 10.1. The van der Waals surface area contributed by atoms with Crippen molar-refractivity contribution in [2.24, 2.45) is 5.73 Å². The minimum Gasteiger partial charge on any atom is -0.384 e. The number of nitrogens with two attached hydrogens (primary N) is 1. The van der Waals surface area contributed by atoms with Crippen molar-refractivity contribution in [1.82, 2.24) is 4.90 Å². The number of amidine groups is 1. The lowest BCUT2D eigenvalue weighted by molar-refractivity contribution is 0.360. The Morgan fingerprint density at radius 2 is 2.06 bits per heavy atom. The van der Waals surface area contributed by atoms with Gasteiger partial charge in [0.15, 0.2) is 0 Å². The summed E-state index contributed by atoms with van der Waals surface area (Å²) in [5.41, 5.74) is 6.45. The number of nitrogens with one attached hydrogen (secondary N) is 1. The summed E-state index contributed by atoms with van der Waals surface area (Å²) in [6.07, 6.45) is 1.03. The van der Waals surface area contributed by atoms with Crippen molar-refractivity contribution in [2.75, 3.05) is 38.1 Å². The summed E-state index contributed by atoms with van der Waals surface area (Å²) >= 11 is 0. The van der Waals surface area contributed by atoms with Crippen LogP contribution in [0.3, 0.4) is 0 Å². The van der Waals surface area contributed by atoms with Gasteiger partial charge >= 0.3 is 0 Å². The van der Waals surface area contributed by atoms with E-state index in [4.69, 9.17) is 11.1 Å². The van der Waals surface area contributed by atoms with E-state index in [1.165, 1.54) is 6.07 Å². The van der Waals surface area contributed by atoms with Gasteiger partial charge in [-0.3, -0.25) is 5.41 Å². The van der Waals surface area contributed by atoms with Crippen LogP contribution in [-0.2, 0) is 0 Å². The second-order valence-corrected chi connectivity index (χ2v) is 4.69. The highest BCUT2D eigenvalue weighted by Crippen LogP contribution is 2.23. The van der Waals surface area contributed by atoms with E-state index in [-0.39, 0.29) is 11.4 Å². The molecular weight excluding hydrogens is 231 g/mol. The monoisotopic (exact) mass is 250 g/mol. The van der Waals surface area contributed by atoms with Crippen molar-refractivity contribution in [2.45, 2.75) is 6.42 Å². The van der Waals surface area contributed by atoms with E-state index in [1.807, 2.05) is 6.07 Å². The minimum absolute atomic E-state index is 0.208. The van der Waals surface area contributed by atoms with E-state index >= 15 is 0 Å². The highest BCUT2D eigenvalue weighted by molar-refractivity contribution is 6.00. The maximum absolute atomic E-state index is 13.8. The van der Waals surface area contributed by atoms with Crippen LogP contribution < -0.4 is 10.6 Å². The van der Waals surface area contributed by atoms with Crippen LogP contribution in [0, 0.1) is 11.2 Å². The van der Waals surface area contributed by atoms with Crippen LogP contribution in [0.15, 0.2) is 18.2 Å². The largest absolute Gasteiger partial charge is 0.384 e. The van der Waals surface area contributed by atoms with Crippen LogP contribution >= 0.6 is 0 Å². The number of halogens is 1. The SMILES string of the molecule is CN1CCCN(c2cccc(F)c2C(=N)N)CC1. The second kappa shape index (κ2) is 5.35. The Kier molecular flexibility index (Phi) is 3.81. The molecule has 5 heteroatoms. The van der Waals surface area contributed by atoms with Gasteiger partial charge in [-0.15, -0.1) is 0 Å². The first-order valence-electron chi connectivity index (χ1n) is 6.16. The summed E-state index contributed by atoms with van der Waals surface area (Å²) in [6, 6.07) is 4.86. The quantitative estimate of drug-likeness (QED) is 0.613. The first-order chi connectivity index (χ1) is 8.59. The Labute approximate surface area is 107 Å². The van der Waals surface area contributed by atoms with Crippen molar-refractivity contribution >= 4 is 11.5 Å². The predicted molar refractivity (Wildman–Crippen MR) is 71.7 cm³/mol. The number of hydrogen-bond acceptors (Lipinski definition) is 3. The topological polar surface area (TPSA) is 56.4 Å². The average Bonchev–Trinajstić information content (AvgIpc) is 2.53. The number of anilines is 1. The number of nitrogen functional groups attached to an aromatic ring is 1. The van der Waals surface area contributed by atoms with Crippen LogP contribution in [0.2, 0.25) is 0 Å². The Hall–Kier alpha value is -1.62. The standard InChI is InChI=1S/C13H19FN4/c1-17-6-3-7-18(9-8-17)11-5-2-4-10(14)12(11)13(15)16/h2,4-5H,3,6-9H2,1H3,(H3,15,16). The number of rotatable bonds is 2. The van der Waals surface area contributed by atoms with Gasteiger partial charge in [0.05, 0.1) is 11.3 Å². The lowest BCUT2D eigenvalue weighted by Crippen LogP contribution is -2.31. The summed E-state index contributed by atoms with van der Waals surface area (Å²) in [6.45, 7) is 3.68. The molecule has 0 radical (unpaired) electrons. The first kappa shape index (κ1) is 12.8. The zero-order valence-corrected chi connectivity index (χ0v) is 10.6. The molecule has 18 heavy (non-hydrogen) atoms. The van der Waals surface area contributed by atoms with Gasteiger partial charge in [0, 0.05) is 19.6 Å². The molecule has 1 heterocycles. The summed E-state index contributed by atoms with van der Waals surface area (Å²) in [5, 5.41) is 7.53. The third-order valence-corrected chi connectivity index (χ3v) is 3.32. The number of nitrogens with zero attached hydrogens (tertiary/aromatic N) is 2. The van der Waals surface area contributed by atoms with E-state index < -0.39 is 5.82 Å². The number of hydrogen-bond donors (Lipinski definition) is 2. The van der Waals surface area contributed by atoms with E-state index in [9.17, 15) is 4.39 Å². The molecule has 0 amide bonds. The fourth-order valence-corrected chi connectivity index (χ4v) is 2.33. The molecule has 1 aliphatic rings. The van der Waals surface area contributed by atoms with Gasteiger partial charge in [0.25, 0.3) is 0 Å². The van der Waals surface area contributed by atoms with Crippen molar-refractivity contribution in [1.29, 1.82) is 5.41 Å². The highest BCUT2D eigenvalue weighted by Gasteiger charge is 2.19. The van der Waals surface area contributed by atoms with Gasteiger partial charge in [-0.1, -0.05) is 6.07 Å². The van der Waals surface area contributed by atoms with Gasteiger partial charge < -0.3 is 15.5 Å². The molecule has 0 aliphatic carbocycles. The molecular formula is C13H19FN4. The number of benzene rings is 1. The Balaban J connectivity index is 2.32. The highest BCUT2D eigenvalue weighted by atomic mass is 19.1. The van der Waals surface area contributed by atoms with Crippen molar-refractivity contribution in [3.63, 3.8) is 0 Å². The van der Waals surface area contributed by atoms with Crippen LogP contribution in [0.25, 0.3) is 0 Å². The molecule has 0 saturated carbocycles. The molecule has 0 spiro atoms. The van der Waals surface area contributed by atoms with Crippen LogP contribution in [0.5, 0.6) is 0 Å². The first-order valence-corrected chi connectivity index (χ1v) is 6.16. The fourth-order valence-electron chi connectivity index (χ4n) is 2.33. The molecule has 1 aromatic carbocycles. The van der Waals surface area contributed by atoms with E-state index in [0.717, 1.165) is 38.3 Å². The zero-order chi connectivity index (χ0) is 13.1. The smallest absolute Gasteiger partial charge is 0.136 e. The Morgan fingerprint density at radius 1 is 1.28 bits per heavy atom. The molecule has 1 aromatic rings. The minimum atomic E-state index is -0.419.